The molecule has 1 unspecified atom stereocenters. The van der Waals surface area contributed by atoms with Crippen LogP contribution in [0.3, 0.4) is 0 Å². The Morgan fingerprint density at radius 3 is 2.43 bits per heavy atom. The Bertz CT molecular complexity index is 555. The smallest absolute Gasteiger partial charge is 0.316 e. The van der Waals surface area contributed by atoms with Crippen LogP contribution >= 0.6 is 23.2 Å². The van der Waals surface area contributed by atoms with Crippen molar-refractivity contribution in [1.29, 1.82) is 0 Å². The third-order valence-corrected chi connectivity index (χ3v) is 3.54. The summed E-state index contributed by atoms with van der Waals surface area (Å²) in [5, 5.41) is 0.599. The molecular formula is C15H16Cl2O4. The van der Waals surface area contributed by atoms with Gasteiger partial charge in [0.05, 0.1) is 12.1 Å². The molecule has 0 amide bonds. The minimum atomic E-state index is -1.09. The van der Waals surface area contributed by atoms with Crippen molar-refractivity contribution in [2.24, 2.45) is 5.92 Å². The molecule has 0 aliphatic carbocycles. The summed E-state index contributed by atoms with van der Waals surface area (Å²) >= 11 is 11.7. The molecule has 1 aromatic rings. The van der Waals surface area contributed by atoms with Gasteiger partial charge in [0.1, 0.15) is 11.7 Å². The van der Waals surface area contributed by atoms with E-state index in [1.165, 1.54) is 25.3 Å². The summed E-state index contributed by atoms with van der Waals surface area (Å²) in [6.07, 6.45) is 0.566. The van der Waals surface area contributed by atoms with Crippen LogP contribution in [0.2, 0.25) is 10.0 Å². The highest BCUT2D eigenvalue weighted by Gasteiger charge is 2.30. The highest BCUT2D eigenvalue weighted by molar-refractivity contribution is 6.36. The maximum absolute atomic E-state index is 12.2. The van der Waals surface area contributed by atoms with Crippen LogP contribution in [-0.2, 0) is 14.3 Å². The van der Waals surface area contributed by atoms with Gasteiger partial charge in [-0.1, -0.05) is 30.1 Å². The molecule has 0 spiro atoms. The zero-order valence-corrected chi connectivity index (χ0v) is 13.3. The van der Waals surface area contributed by atoms with Crippen molar-refractivity contribution in [3.05, 3.63) is 33.8 Å². The zero-order chi connectivity index (χ0) is 16.0. The van der Waals surface area contributed by atoms with Crippen molar-refractivity contribution in [3.8, 4) is 0 Å². The average Bonchev–Trinajstić information content (AvgIpc) is 2.43. The molecule has 0 aliphatic heterocycles. The minimum absolute atomic E-state index is 0.194. The summed E-state index contributed by atoms with van der Waals surface area (Å²) in [4.78, 5) is 35.9. The van der Waals surface area contributed by atoms with E-state index in [0.29, 0.717) is 11.4 Å². The van der Waals surface area contributed by atoms with E-state index in [2.05, 4.69) is 4.74 Å². The molecule has 0 radical (unpaired) electrons. The maximum atomic E-state index is 12.2. The van der Waals surface area contributed by atoms with Crippen LogP contribution in [0.5, 0.6) is 0 Å². The van der Waals surface area contributed by atoms with Gasteiger partial charge in [-0.25, -0.2) is 0 Å². The van der Waals surface area contributed by atoms with E-state index in [-0.39, 0.29) is 29.2 Å². The summed E-state index contributed by atoms with van der Waals surface area (Å²) in [5.41, 5.74) is 0.235. The molecule has 6 heteroatoms. The number of benzene rings is 1. The molecule has 114 valence electrons. The van der Waals surface area contributed by atoms with E-state index in [1.54, 1.807) is 0 Å². The number of methoxy groups -OCH3 is 1. The Hall–Kier alpha value is -1.39. The fourth-order valence-corrected chi connectivity index (χ4v) is 2.42. The van der Waals surface area contributed by atoms with E-state index in [1.807, 2.05) is 6.92 Å². The number of carbonyl (C=O) groups is 3. The maximum Gasteiger partial charge on any atom is 0.316 e. The lowest BCUT2D eigenvalue weighted by molar-refractivity contribution is -0.149. The standard InChI is InChI=1S/C15H16Cl2O4/c1-3-4-13(18)11(15(20)21-2)8-14(19)10-6-5-9(16)7-12(10)17/h5-7,11H,3-4,8H2,1-2H3. The van der Waals surface area contributed by atoms with Crippen LogP contribution in [-0.4, -0.2) is 24.6 Å². The third-order valence-electron chi connectivity index (χ3n) is 2.99. The molecule has 0 N–H and O–H groups in total. The molecule has 0 aromatic heterocycles. The molecule has 0 bridgehead atoms. The molecule has 4 nitrogen and oxygen atoms in total. The van der Waals surface area contributed by atoms with Crippen LogP contribution in [0.25, 0.3) is 0 Å². The van der Waals surface area contributed by atoms with E-state index in [9.17, 15) is 14.4 Å². The predicted octanol–water partition coefficient (Wildman–Crippen LogP) is 3.72. The van der Waals surface area contributed by atoms with Gasteiger partial charge in [-0.2, -0.15) is 0 Å². The van der Waals surface area contributed by atoms with Gasteiger partial charge < -0.3 is 4.74 Å². The van der Waals surface area contributed by atoms with Crippen molar-refractivity contribution in [2.75, 3.05) is 7.11 Å². The zero-order valence-electron chi connectivity index (χ0n) is 11.8. The van der Waals surface area contributed by atoms with Crippen molar-refractivity contribution in [2.45, 2.75) is 26.2 Å². The molecule has 1 aromatic carbocycles. The third kappa shape index (κ3) is 4.83. The lowest BCUT2D eigenvalue weighted by atomic mass is 9.92. The van der Waals surface area contributed by atoms with Gasteiger partial charge in [-0.15, -0.1) is 0 Å². The van der Waals surface area contributed by atoms with E-state index in [4.69, 9.17) is 23.2 Å². The topological polar surface area (TPSA) is 60.4 Å². The summed E-state index contributed by atoms with van der Waals surface area (Å²) in [6, 6.07) is 4.45. The van der Waals surface area contributed by atoms with E-state index >= 15 is 0 Å². The summed E-state index contributed by atoms with van der Waals surface area (Å²) < 4.78 is 4.60. The number of rotatable bonds is 7. The average molecular weight is 331 g/mol. The number of carbonyl (C=O) groups excluding carboxylic acids is 3. The van der Waals surface area contributed by atoms with Gasteiger partial charge in [0.15, 0.2) is 5.78 Å². The molecule has 1 rings (SSSR count). The number of hydrogen-bond acceptors (Lipinski definition) is 4. The van der Waals surface area contributed by atoms with Crippen LogP contribution in [0.1, 0.15) is 36.5 Å². The first-order valence-corrected chi connectivity index (χ1v) is 7.25. The molecule has 0 fully saturated rings. The SMILES string of the molecule is CCCC(=O)C(CC(=O)c1ccc(Cl)cc1Cl)C(=O)OC. The number of ketones is 2. The molecule has 0 saturated carbocycles. The summed E-state index contributed by atoms with van der Waals surface area (Å²) in [7, 11) is 1.19. The first-order valence-electron chi connectivity index (χ1n) is 6.49. The van der Waals surface area contributed by atoms with Gasteiger partial charge in [-0.3, -0.25) is 14.4 Å². The number of ether oxygens (including phenoxy) is 1. The lowest BCUT2D eigenvalue weighted by Gasteiger charge is -2.13. The normalized spacial score (nSPS) is 11.8. The quantitative estimate of drug-likeness (QED) is 0.434. The molecule has 1 atom stereocenters. The molecule has 21 heavy (non-hydrogen) atoms. The highest BCUT2D eigenvalue weighted by Crippen LogP contribution is 2.24. The second-order valence-corrected chi connectivity index (χ2v) is 5.39. The predicted molar refractivity (Wildman–Crippen MR) is 80.8 cm³/mol. The van der Waals surface area contributed by atoms with Gasteiger partial charge in [0.2, 0.25) is 0 Å². The van der Waals surface area contributed by atoms with Crippen molar-refractivity contribution >= 4 is 40.7 Å². The molecular weight excluding hydrogens is 315 g/mol. The number of Topliss-reactive ketones (excluding diaryl/α,β-unsaturated/α-hetero) is 2. The Morgan fingerprint density at radius 1 is 1.24 bits per heavy atom. The largest absolute Gasteiger partial charge is 0.468 e. The Balaban J connectivity index is 2.94. The molecule has 0 aliphatic rings. The second-order valence-electron chi connectivity index (χ2n) is 4.54. The van der Waals surface area contributed by atoms with Gasteiger partial charge in [-0.05, 0) is 24.6 Å². The number of esters is 1. The fraction of sp³-hybridized carbons (Fsp3) is 0.400. The van der Waals surface area contributed by atoms with Crippen LogP contribution in [0, 0.1) is 5.92 Å². The Morgan fingerprint density at radius 2 is 1.90 bits per heavy atom. The second kappa shape index (κ2) is 8.15. The Kier molecular flexibility index (Phi) is 6.85. The highest BCUT2D eigenvalue weighted by atomic mass is 35.5. The van der Waals surface area contributed by atoms with Crippen LogP contribution in [0.15, 0.2) is 18.2 Å². The number of halogens is 2. The summed E-state index contributed by atoms with van der Waals surface area (Å²) in [6.45, 7) is 1.82. The van der Waals surface area contributed by atoms with Crippen LogP contribution < -0.4 is 0 Å². The lowest BCUT2D eigenvalue weighted by Crippen LogP contribution is -2.28. The molecule has 0 saturated heterocycles. The van der Waals surface area contributed by atoms with Crippen LogP contribution in [0.4, 0.5) is 0 Å². The number of hydrogen-bond donors (Lipinski definition) is 0. The van der Waals surface area contributed by atoms with Crippen molar-refractivity contribution in [1.82, 2.24) is 0 Å². The minimum Gasteiger partial charge on any atom is -0.468 e. The molecule has 0 heterocycles. The van der Waals surface area contributed by atoms with Crippen molar-refractivity contribution in [3.63, 3.8) is 0 Å². The van der Waals surface area contributed by atoms with Crippen molar-refractivity contribution < 1.29 is 19.1 Å². The fourth-order valence-electron chi connectivity index (χ4n) is 1.90. The first-order chi connectivity index (χ1) is 9.90. The first kappa shape index (κ1) is 17.7. The Labute approximate surface area is 133 Å². The monoisotopic (exact) mass is 330 g/mol. The summed E-state index contributed by atoms with van der Waals surface area (Å²) in [5.74, 6) is -2.49. The van der Waals surface area contributed by atoms with E-state index in [0.717, 1.165) is 0 Å². The van der Waals surface area contributed by atoms with Gasteiger partial charge in [0, 0.05) is 23.4 Å². The van der Waals surface area contributed by atoms with Gasteiger partial charge >= 0.3 is 5.97 Å². The van der Waals surface area contributed by atoms with Gasteiger partial charge in [0.25, 0.3) is 0 Å². The van der Waals surface area contributed by atoms with E-state index < -0.39 is 17.7 Å².